The van der Waals surface area contributed by atoms with Crippen LogP contribution in [0.3, 0.4) is 0 Å². The van der Waals surface area contributed by atoms with Crippen LogP contribution in [-0.4, -0.2) is 30.3 Å². The van der Waals surface area contributed by atoms with E-state index in [0.29, 0.717) is 24.4 Å². The zero-order valence-electron chi connectivity index (χ0n) is 15.9. The quantitative estimate of drug-likeness (QED) is 0.825. The van der Waals surface area contributed by atoms with Gasteiger partial charge in [-0.3, -0.25) is 4.79 Å². The topological polar surface area (TPSA) is 58.6 Å². The summed E-state index contributed by atoms with van der Waals surface area (Å²) in [5.74, 6) is 1.23. The van der Waals surface area contributed by atoms with Crippen molar-refractivity contribution in [3.63, 3.8) is 0 Å². The number of fused-ring (bicyclic) bond motifs is 2. The number of hydrogen-bond donors (Lipinski definition) is 2. The molecule has 0 spiro atoms. The van der Waals surface area contributed by atoms with Crippen molar-refractivity contribution >= 4 is 5.91 Å². The van der Waals surface area contributed by atoms with Crippen LogP contribution in [0.5, 0.6) is 5.75 Å². The average molecular weight is 345 g/mol. The minimum atomic E-state index is -0.665. The summed E-state index contributed by atoms with van der Waals surface area (Å²) < 4.78 is 5.12. The fourth-order valence-electron chi connectivity index (χ4n) is 5.82. The lowest BCUT2D eigenvalue weighted by Gasteiger charge is -2.48. The van der Waals surface area contributed by atoms with Gasteiger partial charge >= 0.3 is 0 Å². The number of ether oxygens (including phenoxy) is 1. The molecule has 1 amide bonds. The number of methoxy groups -OCH3 is 1. The second kappa shape index (κ2) is 6.31. The normalized spacial score (nSPS) is 32.6. The van der Waals surface area contributed by atoms with E-state index in [-0.39, 0.29) is 16.7 Å². The molecule has 2 N–H and O–H groups in total. The first kappa shape index (κ1) is 18.2. The number of carbonyl (C=O) groups excluding carboxylic acids is 1. The molecule has 2 aliphatic rings. The van der Waals surface area contributed by atoms with E-state index in [1.54, 1.807) is 31.4 Å². The zero-order chi connectivity index (χ0) is 18.3. The molecule has 1 aromatic carbocycles. The number of hydrogen-bond acceptors (Lipinski definition) is 3. The van der Waals surface area contributed by atoms with Crippen LogP contribution in [0.25, 0.3) is 0 Å². The average Bonchev–Trinajstić information content (AvgIpc) is 2.95. The van der Waals surface area contributed by atoms with Crippen LogP contribution < -0.4 is 10.1 Å². The highest BCUT2D eigenvalue weighted by Crippen LogP contribution is 2.71. The fraction of sp³-hybridized carbons (Fsp3) is 0.667. The summed E-state index contributed by atoms with van der Waals surface area (Å²) in [4.78, 5) is 12.3. The Morgan fingerprint density at radius 3 is 2.56 bits per heavy atom. The fourth-order valence-corrected chi connectivity index (χ4v) is 5.82. The van der Waals surface area contributed by atoms with Gasteiger partial charge in [-0.05, 0) is 67.7 Å². The minimum absolute atomic E-state index is 0.0183. The Morgan fingerprint density at radius 2 is 2.00 bits per heavy atom. The summed E-state index contributed by atoms with van der Waals surface area (Å²) >= 11 is 0. The molecule has 2 aliphatic carbocycles. The molecule has 3 atom stereocenters. The molecular weight excluding hydrogens is 314 g/mol. The van der Waals surface area contributed by atoms with Crippen molar-refractivity contribution in [2.24, 2.45) is 16.7 Å². The lowest BCUT2D eigenvalue weighted by atomic mass is 9.60. The molecule has 2 fully saturated rings. The van der Waals surface area contributed by atoms with E-state index in [4.69, 9.17) is 4.74 Å². The van der Waals surface area contributed by atoms with Crippen molar-refractivity contribution in [2.45, 2.75) is 58.5 Å². The van der Waals surface area contributed by atoms with Crippen molar-refractivity contribution in [3.8, 4) is 5.75 Å². The lowest BCUT2D eigenvalue weighted by Crippen LogP contribution is -2.50. The number of rotatable bonds is 6. The lowest BCUT2D eigenvalue weighted by molar-refractivity contribution is -0.107. The monoisotopic (exact) mass is 345 g/mol. The Bertz CT molecular complexity index is 639. The second-order valence-corrected chi connectivity index (χ2v) is 8.36. The Balaban J connectivity index is 1.62. The van der Waals surface area contributed by atoms with E-state index in [0.717, 1.165) is 25.0 Å². The van der Waals surface area contributed by atoms with Crippen molar-refractivity contribution in [1.82, 2.24) is 5.32 Å². The van der Waals surface area contributed by atoms with E-state index in [9.17, 15) is 9.90 Å². The SMILES string of the molecule is CCC12CCC(C[C@]1(O)CCNC(=O)c1ccc(OC)cc1)C2(C)C. The molecule has 4 heteroatoms. The maximum absolute atomic E-state index is 12.3. The summed E-state index contributed by atoms with van der Waals surface area (Å²) in [6.45, 7) is 7.35. The van der Waals surface area contributed by atoms with Gasteiger partial charge in [0.05, 0.1) is 12.7 Å². The minimum Gasteiger partial charge on any atom is -0.497 e. The molecule has 138 valence electrons. The van der Waals surface area contributed by atoms with Crippen LogP contribution in [0.4, 0.5) is 0 Å². The molecular formula is C21H31NO3. The molecule has 0 aliphatic heterocycles. The standard InChI is InChI=1S/C21H31NO3/c1-5-20-11-10-16(19(20,2)3)14-21(20,24)12-13-22-18(23)15-6-8-17(25-4)9-7-15/h6-9,16,24H,5,10-14H2,1-4H3,(H,22,23)/t16?,20?,21-/m1/s1. The van der Waals surface area contributed by atoms with E-state index in [1.807, 2.05) is 0 Å². The molecule has 1 aromatic rings. The summed E-state index contributed by atoms with van der Waals surface area (Å²) in [5.41, 5.74) is 0.110. The molecule has 0 radical (unpaired) electrons. The van der Waals surface area contributed by atoms with Gasteiger partial charge < -0.3 is 15.2 Å². The van der Waals surface area contributed by atoms with Gasteiger partial charge in [0.1, 0.15) is 5.75 Å². The van der Waals surface area contributed by atoms with E-state index >= 15 is 0 Å². The van der Waals surface area contributed by atoms with Gasteiger partial charge in [0.15, 0.2) is 0 Å². The van der Waals surface area contributed by atoms with Gasteiger partial charge in [-0.15, -0.1) is 0 Å². The summed E-state index contributed by atoms with van der Waals surface area (Å²) in [6, 6.07) is 7.09. The highest BCUT2D eigenvalue weighted by Gasteiger charge is 2.69. The first-order valence-corrected chi connectivity index (χ1v) is 9.44. The molecule has 0 saturated heterocycles. The molecule has 4 nitrogen and oxygen atoms in total. The van der Waals surface area contributed by atoms with Crippen LogP contribution in [0.15, 0.2) is 24.3 Å². The molecule has 2 bridgehead atoms. The molecule has 0 aromatic heterocycles. The van der Waals surface area contributed by atoms with Gasteiger partial charge in [-0.1, -0.05) is 20.8 Å². The number of carbonyl (C=O) groups is 1. The van der Waals surface area contributed by atoms with Crippen LogP contribution in [0, 0.1) is 16.7 Å². The Morgan fingerprint density at radius 1 is 1.32 bits per heavy atom. The zero-order valence-corrected chi connectivity index (χ0v) is 15.9. The first-order valence-electron chi connectivity index (χ1n) is 9.44. The van der Waals surface area contributed by atoms with Gasteiger partial charge in [-0.25, -0.2) is 0 Å². The summed E-state index contributed by atoms with van der Waals surface area (Å²) in [7, 11) is 1.61. The predicted octanol–water partition coefficient (Wildman–Crippen LogP) is 3.78. The molecule has 25 heavy (non-hydrogen) atoms. The third-order valence-electron chi connectivity index (χ3n) is 7.43. The highest BCUT2D eigenvalue weighted by atomic mass is 16.5. The van der Waals surface area contributed by atoms with Crippen LogP contribution in [-0.2, 0) is 0 Å². The van der Waals surface area contributed by atoms with Crippen LogP contribution in [0.1, 0.15) is 63.2 Å². The van der Waals surface area contributed by atoms with Gasteiger partial charge in [0, 0.05) is 17.5 Å². The maximum Gasteiger partial charge on any atom is 0.251 e. The van der Waals surface area contributed by atoms with E-state index in [1.165, 1.54) is 6.42 Å². The highest BCUT2D eigenvalue weighted by molar-refractivity contribution is 5.94. The number of nitrogens with one attached hydrogen (secondary N) is 1. The third-order valence-corrected chi connectivity index (χ3v) is 7.43. The Kier molecular flexibility index (Phi) is 4.61. The summed E-state index contributed by atoms with van der Waals surface area (Å²) in [5, 5.41) is 14.4. The van der Waals surface area contributed by atoms with E-state index < -0.39 is 5.60 Å². The first-order chi connectivity index (χ1) is 11.8. The summed E-state index contributed by atoms with van der Waals surface area (Å²) in [6.07, 6.45) is 4.82. The molecule has 0 heterocycles. The molecule has 2 unspecified atom stereocenters. The van der Waals surface area contributed by atoms with Crippen molar-refractivity contribution in [3.05, 3.63) is 29.8 Å². The molecule has 3 rings (SSSR count). The number of aliphatic hydroxyl groups is 1. The van der Waals surface area contributed by atoms with E-state index in [2.05, 4.69) is 26.1 Å². The van der Waals surface area contributed by atoms with Gasteiger partial charge in [0.25, 0.3) is 5.91 Å². The van der Waals surface area contributed by atoms with Crippen molar-refractivity contribution in [1.29, 1.82) is 0 Å². The Labute approximate surface area is 151 Å². The van der Waals surface area contributed by atoms with Crippen LogP contribution >= 0.6 is 0 Å². The third kappa shape index (κ3) is 2.66. The Hall–Kier alpha value is -1.55. The number of benzene rings is 1. The van der Waals surface area contributed by atoms with Crippen molar-refractivity contribution in [2.75, 3.05) is 13.7 Å². The molecule has 2 saturated carbocycles. The van der Waals surface area contributed by atoms with Crippen LogP contribution in [0.2, 0.25) is 0 Å². The maximum atomic E-state index is 12.3. The van der Waals surface area contributed by atoms with Crippen molar-refractivity contribution < 1.29 is 14.6 Å². The van der Waals surface area contributed by atoms with Gasteiger partial charge in [-0.2, -0.15) is 0 Å². The largest absolute Gasteiger partial charge is 0.497 e. The smallest absolute Gasteiger partial charge is 0.251 e. The predicted molar refractivity (Wildman–Crippen MR) is 98.7 cm³/mol. The van der Waals surface area contributed by atoms with Gasteiger partial charge in [0.2, 0.25) is 0 Å². The number of amides is 1. The second-order valence-electron chi connectivity index (χ2n) is 8.36.